The second-order valence-corrected chi connectivity index (χ2v) is 26.3. The molecule has 0 unspecified atom stereocenters. The zero-order valence-corrected chi connectivity index (χ0v) is 56.5. The van der Waals surface area contributed by atoms with Crippen LogP contribution in [0.5, 0.6) is 0 Å². The Bertz CT molecular complexity index is 3080. The SMILES string of the molecule is CSCC[C@H](NC(=O)[C@H](CC(C)C)NC(=O)CNC(=O)[C@H](Cc1ccccc1)NC(=O)[C@@H](NC(=O)[C@H](CCC(N)=O)NC(=O)[C@H](CCC(N)=O)NC(=O)[C@@H]1CCCN1C(=O)[C@H](CCCCN)NC(=O)[C@@H]1CCCN1C(=O)[C@@H](N)CCCN=C(N)N)C1Cc2ccccc2C1)C(N)=O. The fourth-order valence-corrected chi connectivity index (χ4v) is 12.6. The Balaban J connectivity index is 1.36. The number of carbonyl (C=O) groups excluding carboxylic acids is 13. The first kappa shape index (κ1) is 78.8. The Morgan fingerprint density at radius 2 is 1.10 bits per heavy atom. The summed E-state index contributed by atoms with van der Waals surface area (Å²) in [7, 11) is 0. The molecule has 5 rings (SSSR count). The highest BCUT2D eigenvalue weighted by molar-refractivity contribution is 7.98. The smallest absolute Gasteiger partial charge is 0.245 e. The standard InChI is InChI=1S/C65H100N18O13S/c1-37(2)32-47(59(91)76-43(55(70)87)26-31-97-3)75-53(86)36-74-56(88)48(33-38-14-5-4-6-15-38)80-62(94)54(41-34-39-16-7-8-17-40(39)35-41)81-58(90)45(23-25-52(69)85)77-57(89)44(22-24-51(68)84)78-60(92)50-21-13-30-83(50)64(96)46(19-9-10-27-66)79-61(93)49-20-12-29-82(49)63(95)42(67)18-11-28-73-65(71)72/h4-8,14-17,37,41-50,54H,9-13,18-36,66-67H2,1-3H3,(H2,68,84)(H2,69,85)(H2,70,87)(H,74,88)(H,75,86)(H,76,91)(H,77,89)(H,78,92)(H,79,93)(H,80,94)(H,81,90)(H4,71,72,73)/t42-,43-,44-,45-,46-,47-,48-,49-,50-,54-/m0/s1. The fraction of sp³-hybridized carbons (Fsp3) is 0.600. The monoisotopic (exact) mass is 1370 g/mol. The number of nitrogens with zero attached hydrogens (tertiary/aromatic N) is 3. The summed E-state index contributed by atoms with van der Waals surface area (Å²) in [6.07, 6.45) is 3.93. The van der Waals surface area contributed by atoms with E-state index in [2.05, 4.69) is 47.5 Å². The van der Waals surface area contributed by atoms with Crippen LogP contribution in [0.15, 0.2) is 59.6 Å². The first-order valence-corrected chi connectivity index (χ1v) is 34.6. The van der Waals surface area contributed by atoms with Gasteiger partial charge in [0.1, 0.15) is 54.4 Å². The number of amides is 13. The van der Waals surface area contributed by atoms with Gasteiger partial charge in [0.2, 0.25) is 76.8 Å². The lowest BCUT2D eigenvalue weighted by Gasteiger charge is -2.32. The number of thioether (sulfide) groups is 1. The molecule has 2 heterocycles. The van der Waals surface area contributed by atoms with Crippen LogP contribution in [0.2, 0.25) is 0 Å². The minimum Gasteiger partial charge on any atom is -0.370 e. The molecule has 3 aliphatic rings. The van der Waals surface area contributed by atoms with Crippen LogP contribution in [0.4, 0.5) is 0 Å². The number of unbranched alkanes of at least 4 members (excludes halogenated alkanes) is 1. The molecule has 2 aromatic rings. The lowest BCUT2D eigenvalue weighted by atomic mass is 9.94. The number of aliphatic imine (C=N–C) groups is 1. The molecule has 2 saturated heterocycles. The third-order valence-corrected chi connectivity index (χ3v) is 17.9. The summed E-state index contributed by atoms with van der Waals surface area (Å²) in [6, 6.07) is 3.61. The van der Waals surface area contributed by atoms with Gasteiger partial charge >= 0.3 is 0 Å². The molecular weight excluding hydrogens is 1270 g/mol. The predicted octanol–water partition coefficient (Wildman–Crippen LogP) is -3.54. The van der Waals surface area contributed by atoms with Gasteiger partial charge in [0.05, 0.1) is 12.6 Å². The quantitative estimate of drug-likeness (QED) is 0.0174. The molecule has 0 bridgehead atoms. The van der Waals surface area contributed by atoms with Crippen LogP contribution in [0.25, 0.3) is 0 Å². The predicted molar refractivity (Wildman–Crippen MR) is 363 cm³/mol. The molecule has 31 nitrogen and oxygen atoms in total. The summed E-state index contributed by atoms with van der Waals surface area (Å²) >= 11 is 1.46. The van der Waals surface area contributed by atoms with E-state index in [0.717, 1.165) is 11.1 Å². The highest BCUT2D eigenvalue weighted by atomic mass is 32.2. The van der Waals surface area contributed by atoms with Crippen molar-refractivity contribution in [2.75, 3.05) is 44.7 Å². The van der Waals surface area contributed by atoms with Crippen LogP contribution in [-0.4, -0.2) is 198 Å². The van der Waals surface area contributed by atoms with Gasteiger partial charge in [-0.05, 0) is 143 Å². The minimum absolute atomic E-state index is 0.0767. The molecule has 1 aliphatic carbocycles. The van der Waals surface area contributed by atoms with E-state index in [-0.39, 0.29) is 89.4 Å². The number of primary amides is 3. The van der Waals surface area contributed by atoms with Gasteiger partial charge < -0.3 is 92.5 Å². The Morgan fingerprint density at radius 3 is 1.66 bits per heavy atom. The molecule has 0 aromatic heterocycles. The number of fused-ring (bicyclic) bond motifs is 1. The molecule has 32 heteroatoms. The van der Waals surface area contributed by atoms with Crippen LogP contribution in [0.3, 0.4) is 0 Å². The molecule has 2 fully saturated rings. The van der Waals surface area contributed by atoms with Crippen LogP contribution in [-0.2, 0) is 81.6 Å². The van der Waals surface area contributed by atoms with E-state index in [1.54, 1.807) is 30.3 Å². The molecule has 13 amide bonds. The number of benzene rings is 2. The van der Waals surface area contributed by atoms with Crippen molar-refractivity contribution >= 4 is 94.5 Å². The van der Waals surface area contributed by atoms with Crippen molar-refractivity contribution in [3.8, 4) is 0 Å². The molecule has 10 atom stereocenters. The summed E-state index contributed by atoms with van der Waals surface area (Å²) in [4.78, 5) is 186. The summed E-state index contributed by atoms with van der Waals surface area (Å²) in [5.41, 5.74) is 42.0. The van der Waals surface area contributed by atoms with Crippen molar-refractivity contribution in [2.45, 2.75) is 190 Å². The van der Waals surface area contributed by atoms with Gasteiger partial charge in [-0.2, -0.15) is 11.8 Å². The van der Waals surface area contributed by atoms with Crippen LogP contribution < -0.4 is 82.7 Å². The van der Waals surface area contributed by atoms with Gasteiger partial charge in [-0.25, -0.2) is 0 Å². The number of carbonyl (C=O) groups is 13. The minimum atomic E-state index is -1.63. The molecule has 0 saturated carbocycles. The maximum absolute atomic E-state index is 15.0. The molecule has 97 heavy (non-hydrogen) atoms. The molecular formula is C65H100N18O13S. The van der Waals surface area contributed by atoms with E-state index in [9.17, 15) is 57.5 Å². The van der Waals surface area contributed by atoms with E-state index < -0.39 is 175 Å². The second kappa shape index (κ2) is 40.0. The highest BCUT2D eigenvalue weighted by Crippen LogP contribution is 2.30. The molecule has 534 valence electrons. The van der Waals surface area contributed by atoms with Gasteiger partial charge in [-0.3, -0.25) is 67.3 Å². The third-order valence-electron chi connectivity index (χ3n) is 17.3. The van der Waals surface area contributed by atoms with Gasteiger partial charge in [0.15, 0.2) is 5.96 Å². The normalized spacial score (nSPS) is 17.5. The number of likely N-dealkylation sites (tertiary alicyclic amines) is 2. The van der Waals surface area contributed by atoms with Crippen molar-refractivity contribution in [1.82, 2.24) is 52.3 Å². The summed E-state index contributed by atoms with van der Waals surface area (Å²) in [5, 5.41) is 21.5. The van der Waals surface area contributed by atoms with E-state index in [1.165, 1.54) is 21.6 Å². The zero-order valence-electron chi connectivity index (χ0n) is 55.7. The topological polar surface area (TPSA) is 519 Å². The third kappa shape index (κ3) is 25.6. The number of guanidine groups is 1. The number of rotatable bonds is 41. The zero-order chi connectivity index (χ0) is 71.3. The average Bonchev–Trinajstić information content (AvgIpc) is 1.72. The van der Waals surface area contributed by atoms with Crippen molar-refractivity contribution in [2.24, 2.45) is 57.0 Å². The number of hydrogen-bond acceptors (Lipinski definition) is 17. The summed E-state index contributed by atoms with van der Waals surface area (Å²) in [5.74, 6) is -10.3. The van der Waals surface area contributed by atoms with Gasteiger partial charge in [-0.15, -0.1) is 0 Å². The number of nitrogens with two attached hydrogens (primary N) is 7. The lowest BCUT2D eigenvalue weighted by Crippen LogP contribution is -2.61. The molecule has 2 aliphatic heterocycles. The highest BCUT2D eigenvalue weighted by Gasteiger charge is 2.43. The van der Waals surface area contributed by atoms with Gasteiger partial charge in [0.25, 0.3) is 0 Å². The first-order chi connectivity index (χ1) is 46.2. The largest absolute Gasteiger partial charge is 0.370 e. The Kier molecular flexibility index (Phi) is 32.5. The van der Waals surface area contributed by atoms with E-state index in [0.29, 0.717) is 49.8 Å². The maximum Gasteiger partial charge on any atom is 0.245 e. The van der Waals surface area contributed by atoms with E-state index in [1.807, 2.05) is 44.4 Å². The lowest BCUT2D eigenvalue weighted by molar-refractivity contribution is -0.144. The van der Waals surface area contributed by atoms with Crippen LogP contribution in [0, 0.1) is 11.8 Å². The molecule has 22 N–H and O–H groups in total. The van der Waals surface area contributed by atoms with Crippen molar-refractivity contribution in [3.63, 3.8) is 0 Å². The summed E-state index contributed by atoms with van der Waals surface area (Å²) in [6.45, 7) is 3.89. The Hall–Kier alpha value is -8.91. The first-order valence-electron chi connectivity index (χ1n) is 33.2. The van der Waals surface area contributed by atoms with Crippen molar-refractivity contribution in [1.29, 1.82) is 0 Å². The van der Waals surface area contributed by atoms with Crippen LogP contribution >= 0.6 is 11.8 Å². The maximum atomic E-state index is 15.0. The molecule has 0 spiro atoms. The molecule has 0 radical (unpaired) electrons. The van der Waals surface area contributed by atoms with E-state index in [4.69, 9.17) is 40.1 Å². The second-order valence-electron chi connectivity index (χ2n) is 25.3. The van der Waals surface area contributed by atoms with Gasteiger partial charge in [0, 0.05) is 38.9 Å². The number of nitrogens with one attached hydrogen (secondary N) is 8. The molecule has 2 aromatic carbocycles. The van der Waals surface area contributed by atoms with Crippen LogP contribution in [0.1, 0.15) is 127 Å². The summed E-state index contributed by atoms with van der Waals surface area (Å²) < 4.78 is 0. The van der Waals surface area contributed by atoms with Gasteiger partial charge in [-0.1, -0.05) is 68.4 Å². The Labute approximate surface area is 569 Å². The number of hydrogen-bond donors (Lipinski definition) is 15. The fourth-order valence-electron chi connectivity index (χ4n) is 12.2. The van der Waals surface area contributed by atoms with E-state index >= 15 is 4.79 Å². The average molecular weight is 1370 g/mol. The Morgan fingerprint density at radius 1 is 0.567 bits per heavy atom. The van der Waals surface area contributed by atoms with Crippen molar-refractivity contribution in [3.05, 3.63) is 71.3 Å². The van der Waals surface area contributed by atoms with Crippen molar-refractivity contribution < 1.29 is 62.3 Å².